The number of azo groups is 3. The molecule has 0 radical (unpaired) electrons. The Labute approximate surface area is 398 Å². The predicted octanol–water partition coefficient (Wildman–Crippen LogP) is 5.68. The summed E-state index contributed by atoms with van der Waals surface area (Å²) in [6, 6.07) is 10.9. The monoisotopic (exact) mass is 1090 g/mol. The van der Waals surface area contributed by atoms with Crippen LogP contribution in [0.15, 0.2) is 152 Å². The fraction of sp³-hybridized carbons (Fsp3) is 0.135. The summed E-state index contributed by atoms with van der Waals surface area (Å²) in [6.07, 6.45) is 2.27. The molecule has 0 aliphatic rings. The second-order valence-electron chi connectivity index (χ2n) is 14.1. The van der Waals surface area contributed by atoms with Crippen molar-refractivity contribution in [3.63, 3.8) is 0 Å². The maximum atomic E-state index is 13.0. The molecule has 0 saturated carbocycles. The molecule has 10 N–H and O–H groups in total. The smallest absolute Gasteiger partial charge is 0.296 e. The first kappa shape index (κ1) is 54.3. The van der Waals surface area contributed by atoms with E-state index in [2.05, 4.69) is 42.0 Å². The quantitative estimate of drug-likeness (QED) is 0.0149. The van der Waals surface area contributed by atoms with Crippen molar-refractivity contribution in [1.82, 2.24) is 4.72 Å². The molecule has 5 aromatic carbocycles. The highest BCUT2D eigenvalue weighted by Crippen LogP contribution is 2.48. The Hall–Kier alpha value is -6.66. The van der Waals surface area contributed by atoms with Crippen molar-refractivity contribution >= 4 is 105 Å². The predicted molar refractivity (Wildman–Crippen MR) is 246 cm³/mol. The lowest BCUT2D eigenvalue weighted by Gasteiger charge is -2.14. The third-order valence-corrected chi connectivity index (χ3v) is 15.9. The van der Waals surface area contributed by atoms with E-state index in [-0.39, 0.29) is 46.4 Å². The zero-order valence-electron chi connectivity index (χ0n) is 35.1. The van der Waals surface area contributed by atoms with Crippen LogP contribution in [0.2, 0.25) is 0 Å². The Morgan fingerprint density at radius 2 is 1.20 bits per heavy atom. The van der Waals surface area contributed by atoms with Crippen molar-refractivity contribution in [2.24, 2.45) is 30.7 Å². The fourth-order valence-electron chi connectivity index (χ4n) is 5.90. The molecule has 33 heteroatoms. The first-order valence-corrected chi connectivity index (χ1v) is 27.9. The number of hydrogen-bond acceptors (Lipinski definition) is 22. The Morgan fingerprint density at radius 3 is 1.77 bits per heavy atom. The van der Waals surface area contributed by atoms with Gasteiger partial charge in [0.2, 0.25) is 10.0 Å². The van der Waals surface area contributed by atoms with Gasteiger partial charge in [0.25, 0.3) is 40.5 Å². The number of nitrogen functional groups attached to an aromatic ring is 1. The Morgan fingerprint density at radius 1 is 0.629 bits per heavy atom. The number of nitrogens with two attached hydrogens (primary N) is 1. The van der Waals surface area contributed by atoms with E-state index in [9.17, 15) is 79.5 Å². The molecule has 0 aliphatic carbocycles. The molecule has 0 aliphatic heterocycles. The first-order chi connectivity index (χ1) is 32.3. The molecule has 0 amide bonds. The van der Waals surface area contributed by atoms with Gasteiger partial charge in [0.15, 0.2) is 15.6 Å². The molecule has 0 saturated heterocycles. The molecule has 0 aromatic heterocycles. The number of aromatic hydroxyl groups is 3. The number of phenols is 3. The lowest BCUT2D eigenvalue weighted by Crippen LogP contribution is -2.24. The minimum absolute atomic E-state index is 0.0426. The number of benzene rings is 5. The average molecular weight is 1090 g/mol. The highest BCUT2D eigenvalue weighted by atomic mass is 32.2. The van der Waals surface area contributed by atoms with Crippen molar-refractivity contribution in [2.45, 2.75) is 37.3 Å². The van der Waals surface area contributed by atoms with Gasteiger partial charge in [-0.1, -0.05) is 12.7 Å². The number of sulfone groups is 1. The van der Waals surface area contributed by atoms with Gasteiger partial charge in [-0.05, 0) is 91.0 Å². The minimum Gasteiger partial charge on any atom is -0.508 e. The SMILES string of the molecule is C=C/C(=C\CCNS(=O)(=O)c1ccc(N=Nc2c(S(=O)(=O)O)cc3cc(S(=O)(=O)O)c(N=Nc4ccc(S(=O)(=O)CCCS(=O)(=O)O)cc4S(=O)(=O)O)c(N)c3c2O)cc1)N=Nc1ccc(O)cc1O. The summed E-state index contributed by atoms with van der Waals surface area (Å²) in [6.45, 7) is 3.45. The lowest BCUT2D eigenvalue weighted by atomic mass is 10.1. The molecule has 0 bridgehead atoms. The van der Waals surface area contributed by atoms with Gasteiger partial charge < -0.3 is 21.1 Å². The van der Waals surface area contributed by atoms with Crippen LogP contribution in [0, 0.1) is 0 Å². The van der Waals surface area contributed by atoms with E-state index < -0.39 is 137 Å². The van der Waals surface area contributed by atoms with Crippen LogP contribution in [-0.4, -0.2) is 102 Å². The van der Waals surface area contributed by atoms with E-state index >= 15 is 0 Å². The zero-order valence-corrected chi connectivity index (χ0v) is 40.0. The van der Waals surface area contributed by atoms with E-state index in [4.69, 9.17) is 10.3 Å². The normalized spacial score (nSPS) is 13.5. The topological polar surface area (TPSA) is 459 Å². The Bertz CT molecular complexity index is 3750. The van der Waals surface area contributed by atoms with Crippen molar-refractivity contribution in [3.05, 3.63) is 97.2 Å². The van der Waals surface area contributed by atoms with Crippen LogP contribution in [0.1, 0.15) is 12.8 Å². The standard InChI is InChI=1S/C37H36N8O19S6/c1-2-22(40-42-27-12-8-24(46)19-29(27)47)5-3-14-39-67(54,55)25-9-6-23(7-10-25)41-45-36-32(70(62,63)64)18-21-17-31(69(59,60)61)35(34(38)33(21)37(36)48)44-43-28-13-11-26(20-30(28)68(56,57)58)65(49,50)15-4-16-66(51,52)53/h2,5-13,17-20,39,46-48H,1,3-4,14-16,38H2,(H,51,52,53)(H,56,57,58)(H,59,60,61)(H,62,63,64)/b22-5+,42-40?,44-43?,45-41?. The molecule has 0 atom stereocenters. The number of phenolic OH excluding ortho intramolecular Hbond substituents is 3. The van der Waals surface area contributed by atoms with Gasteiger partial charge in [-0.3, -0.25) is 18.2 Å². The van der Waals surface area contributed by atoms with Gasteiger partial charge in [-0.25, -0.2) is 21.6 Å². The molecule has 5 rings (SSSR count). The van der Waals surface area contributed by atoms with Crippen molar-refractivity contribution < 1.29 is 84.0 Å². The van der Waals surface area contributed by atoms with Crippen LogP contribution < -0.4 is 10.5 Å². The van der Waals surface area contributed by atoms with Gasteiger partial charge in [-0.15, -0.1) is 20.5 Å². The third kappa shape index (κ3) is 13.6. The van der Waals surface area contributed by atoms with Crippen LogP contribution in [-0.2, 0) is 60.3 Å². The van der Waals surface area contributed by atoms with Crippen LogP contribution in [0.4, 0.5) is 34.1 Å². The summed E-state index contributed by atoms with van der Waals surface area (Å²) in [7, 11) is -29.4. The molecule has 5 aromatic rings. The van der Waals surface area contributed by atoms with Crippen molar-refractivity contribution in [2.75, 3.05) is 23.8 Å². The van der Waals surface area contributed by atoms with E-state index in [0.717, 1.165) is 36.4 Å². The number of rotatable bonds is 20. The number of fused-ring (bicyclic) bond motifs is 1. The Kier molecular flexibility index (Phi) is 16.1. The number of nitrogens with zero attached hydrogens (tertiary/aromatic N) is 6. The summed E-state index contributed by atoms with van der Waals surface area (Å²) >= 11 is 0. The molecule has 0 heterocycles. The lowest BCUT2D eigenvalue weighted by molar-refractivity contribution is 0.451. The highest BCUT2D eigenvalue weighted by molar-refractivity contribution is 7.91. The van der Waals surface area contributed by atoms with Gasteiger partial charge in [0.05, 0.1) is 43.8 Å². The van der Waals surface area contributed by atoms with Crippen LogP contribution in [0.25, 0.3) is 10.8 Å². The third-order valence-electron chi connectivity index (χ3n) is 9.16. The Balaban J connectivity index is 1.47. The fourth-order valence-corrected chi connectivity index (χ4v) is 11.0. The summed E-state index contributed by atoms with van der Waals surface area (Å²) in [5.74, 6) is -3.64. The van der Waals surface area contributed by atoms with Crippen molar-refractivity contribution in [1.29, 1.82) is 0 Å². The second-order valence-corrected chi connectivity index (χ2v) is 23.7. The van der Waals surface area contributed by atoms with E-state index in [1.165, 1.54) is 24.3 Å². The summed E-state index contributed by atoms with van der Waals surface area (Å²) in [5, 5.41) is 51.8. The summed E-state index contributed by atoms with van der Waals surface area (Å²) in [4.78, 5) is -4.75. The first-order valence-electron chi connectivity index (χ1n) is 18.9. The van der Waals surface area contributed by atoms with Gasteiger partial charge >= 0.3 is 0 Å². The van der Waals surface area contributed by atoms with E-state index in [1.54, 1.807) is 0 Å². The molecular weight excluding hydrogens is 1050 g/mol. The molecular formula is C37H36N8O19S6. The van der Waals surface area contributed by atoms with Gasteiger partial charge in [0, 0.05) is 12.6 Å². The summed E-state index contributed by atoms with van der Waals surface area (Å²) < 4.78 is 190. The zero-order chi connectivity index (χ0) is 52.2. The highest BCUT2D eigenvalue weighted by Gasteiger charge is 2.29. The average Bonchev–Trinajstić information content (AvgIpc) is 3.24. The molecule has 27 nitrogen and oxygen atoms in total. The maximum absolute atomic E-state index is 13.0. The maximum Gasteiger partial charge on any atom is 0.296 e. The number of allylic oxidation sites excluding steroid dienone is 1. The number of anilines is 1. The molecule has 0 fully saturated rings. The van der Waals surface area contributed by atoms with E-state index in [0.29, 0.717) is 24.3 Å². The molecule has 374 valence electrons. The van der Waals surface area contributed by atoms with Gasteiger partial charge in [0.1, 0.15) is 48.9 Å². The second kappa shape index (κ2) is 20.7. The van der Waals surface area contributed by atoms with Crippen LogP contribution >= 0.6 is 0 Å². The summed E-state index contributed by atoms with van der Waals surface area (Å²) in [5.41, 5.74) is 2.40. The van der Waals surface area contributed by atoms with Crippen molar-refractivity contribution in [3.8, 4) is 17.2 Å². The van der Waals surface area contributed by atoms with Crippen LogP contribution in [0.3, 0.4) is 0 Å². The number of sulfonamides is 1. The molecule has 70 heavy (non-hydrogen) atoms. The number of hydrogen-bond donors (Lipinski definition) is 9. The van der Waals surface area contributed by atoms with E-state index in [1.807, 2.05) is 0 Å². The molecule has 0 unspecified atom stereocenters. The van der Waals surface area contributed by atoms with Crippen LogP contribution in [0.5, 0.6) is 17.2 Å². The largest absolute Gasteiger partial charge is 0.508 e. The van der Waals surface area contributed by atoms with Gasteiger partial charge in [-0.2, -0.15) is 43.9 Å². The molecule has 0 spiro atoms. The number of nitrogens with one attached hydrogen (secondary N) is 1. The minimum atomic E-state index is -5.44.